The van der Waals surface area contributed by atoms with Crippen LogP contribution in [0.1, 0.15) is 0 Å². The van der Waals surface area contributed by atoms with Gasteiger partial charge in [0.2, 0.25) is 0 Å². The Hall–Kier alpha value is -1.26. The van der Waals surface area contributed by atoms with Gasteiger partial charge in [-0.15, -0.1) is 0 Å². The molecule has 10 heavy (non-hydrogen) atoms. The van der Waals surface area contributed by atoms with E-state index < -0.39 is 18.1 Å². The highest BCUT2D eigenvalue weighted by molar-refractivity contribution is 5.86. The summed E-state index contributed by atoms with van der Waals surface area (Å²) in [6.45, 7) is 0.266. The Morgan fingerprint density at radius 2 is 2.30 bits per heavy atom. The van der Waals surface area contributed by atoms with Gasteiger partial charge in [-0.25, -0.2) is 9.59 Å². The molecule has 56 valence electrons. The third-order valence-corrected chi connectivity index (χ3v) is 1.33. The Morgan fingerprint density at radius 3 is 2.60 bits per heavy atom. The summed E-state index contributed by atoms with van der Waals surface area (Å²) in [4.78, 5) is 21.7. The number of carbonyl (C=O) groups is 2. The third-order valence-electron chi connectivity index (χ3n) is 1.33. The molecular formula is C5H7NO4. The van der Waals surface area contributed by atoms with Gasteiger partial charge in [-0.2, -0.15) is 0 Å². The molecule has 1 aliphatic heterocycles. The molecule has 1 atom stereocenters. The largest absolute Gasteiger partial charge is 0.467 e. The minimum Gasteiger partial charge on any atom is -0.467 e. The van der Waals surface area contributed by atoms with Crippen LogP contribution in [0.4, 0.5) is 4.79 Å². The van der Waals surface area contributed by atoms with Crippen LogP contribution >= 0.6 is 0 Å². The molecule has 0 aliphatic carbocycles. The Kier molecular flexibility index (Phi) is 1.48. The average Bonchev–Trinajstić information content (AvgIpc) is 2.64. The predicted molar refractivity (Wildman–Crippen MR) is 30.5 cm³/mol. The lowest BCUT2D eigenvalue weighted by Crippen LogP contribution is -2.17. The summed E-state index contributed by atoms with van der Waals surface area (Å²) < 4.78 is 4.31. The van der Waals surface area contributed by atoms with Crippen molar-refractivity contribution in [1.29, 1.82) is 0 Å². The summed E-state index contributed by atoms with van der Waals surface area (Å²) >= 11 is 0. The summed E-state index contributed by atoms with van der Waals surface area (Å²) in [5, 5.41) is 8.29. The molecule has 1 rings (SSSR count). The molecule has 0 aromatic carbocycles. The summed E-state index contributed by atoms with van der Waals surface area (Å²) in [5.41, 5.74) is 0. The molecule has 5 nitrogen and oxygen atoms in total. The zero-order chi connectivity index (χ0) is 7.72. The van der Waals surface area contributed by atoms with Crippen LogP contribution in [0.2, 0.25) is 0 Å². The van der Waals surface area contributed by atoms with Crippen LogP contribution in [-0.2, 0) is 9.53 Å². The van der Waals surface area contributed by atoms with Crippen LogP contribution in [0, 0.1) is 0 Å². The molecule has 1 amide bonds. The molecular weight excluding hydrogens is 138 g/mol. The first-order valence-electron chi connectivity index (χ1n) is 2.74. The smallest absolute Gasteiger partial charge is 0.408 e. The molecule has 1 fully saturated rings. The lowest BCUT2D eigenvalue weighted by atomic mass is 10.5. The van der Waals surface area contributed by atoms with Crippen LogP contribution in [0.15, 0.2) is 0 Å². The summed E-state index contributed by atoms with van der Waals surface area (Å²) in [6, 6.07) is -0.553. The van der Waals surface area contributed by atoms with E-state index in [2.05, 4.69) is 4.74 Å². The number of carbonyl (C=O) groups excluding carboxylic acids is 1. The predicted octanol–water partition coefficient (Wildman–Crippen LogP) is -0.478. The second-order valence-electron chi connectivity index (χ2n) is 1.97. The monoisotopic (exact) mass is 145 g/mol. The number of rotatable bonds is 1. The quantitative estimate of drug-likeness (QED) is 0.399. The minimum atomic E-state index is -1.07. The van der Waals surface area contributed by atoms with Gasteiger partial charge in [-0.3, -0.25) is 4.90 Å². The maximum Gasteiger partial charge on any atom is 0.408 e. The molecule has 0 aromatic rings. The van der Waals surface area contributed by atoms with Gasteiger partial charge in [0, 0.05) is 0 Å². The van der Waals surface area contributed by atoms with Crippen molar-refractivity contribution in [1.82, 2.24) is 4.90 Å². The highest BCUT2D eigenvalue weighted by atomic mass is 16.5. The van der Waals surface area contributed by atoms with E-state index in [0.29, 0.717) is 0 Å². The third kappa shape index (κ3) is 1.02. The van der Waals surface area contributed by atoms with Gasteiger partial charge >= 0.3 is 12.1 Å². The second kappa shape index (κ2) is 2.17. The topological polar surface area (TPSA) is 66.6 Å². The fraction of sp³-hybridized carbons (Fsp3) is 0.600. The SMILES string of the molecule is COC(=O)C1CN1C(=O)O. The van der Waals surface area contributed by atoms with E-state index in [1.165, 1.54) is 7.11 Å². The molecule has 0 aromatic heterocycles. The fourth-order valence-electron chi connectivity index (χ4n) is 0.688. The number of ether oxygens (including phenoxy) is 1. The number of amides is 1. The summed E-state index contributed by atoms with van der Waals surface area (Å²) in [7, 11) is 1.24. The molecule has 1 unspecified atom stereocenters. The van der Waals surface area contributed by atoms with E-state index in [-0.39, 0.29) is 6.54 Å². The molecule has 1 N–H and O–H groups in total. The summed E-state index contributed by atoms with van der Waals surface area (Å²) in [6.07, 6.45) is -1.07. The molecule has 1 aliphatic rings. The number of hydrogen-bond acceptors (Lipinski definition) is 3. The van der Waals surface area contributed by atoms with Crippen molar-refractivity contribution in [2.75, 3.05) is 13.7 Å². The van der Waals surface area contributed by atoms with Crippen molar-refractivity contribution >= 4 is 12.1 Å². The van der Waals surface area contributed by atoms with Gasteiger partial charge in [-0.05, 0) is 0 Å². The van der Waals surface area contributed by atoms with Crippen LogP contribution in [-0.4, -0.2) is 41.8 Å². The van der Waals surface area contributed by atoms with Crippen LogP contribution in [0.3, 0.4) is 0 Å². The zero-order valence-corrected chi connectivity index (χ0v) is 5.40. The van der Waals surface area contributed by atoms with Gasteiger partial charge in [-0.1, -0.05) is 0 Å². The number of esters is 1. The highest BCUT2D eigenvalue weighted by Gasteiger charge is 2.45. The van der Waals surface area contributed by atoms with Crippen molar-refractivity contribution in [3.63, 3.8) is 0 Å². The molecule has 1 saturated heterocycles. The van der Waals surface area contributed by atoms with E-state index in [1.807, 2.05) is 0 Å². The molecule has 0 spiro atoms. The van der Waals surface area contributed by atoms with Crippen LogP contribution in [0.5, 0.6) is 0 Å². The number of nitrogens with zero attached hydrogens (tertiary/aromatic N) is 1. The van der Waals surface area contributed by atoms with Crippen molar-refractivity contribution in [2.45, 2.75) is 6.04 Å². The van der Waals surface area contributed by atoms with E-state index in [1.54, 1.807) is 0 Å². The zero-order valence-electron chi connectivity index (χ0n) is 5.40. The molecule has 0 radical (unpaired) electrons. The van der Waals surface area contributed by atoms with E-state index in [0.717, 1.165) is 4.90 Å². The first kappa shape index (κ1) is 6.85. The van der Waals surface area contributed by atoms with Crippen LogP contribution in [0.25, 0.3) is 0 Å². The standard InChI is InChI=1S/C5H7NO4/c1-10-4(7)3-2-6(3)5(8)9/h3H,2H2,1H3,(H,8,9). The first-order chi connectivity index (χ1) is 4.66. The van der Waals surface area contributed by atoms with Gasteiger partial charge in [0.05, 0.1) is 13.7 Å². The number of carboxylic acid groups (broad SMARTS) is 1. The fourth-order valence-corrected chi connectivity index (χ4v) is 0.688. The van der Waals surface area contributed by atoms with E-state index in [9.17, 15) is 9.59 Å². The van der Waals surface area contributed by atoms with Gasteiger partial charge in [0.25, 0.3) is 0 Å². The van der Waals surface area contributed by atoms with Crippen molar-refractivity contribution in [2.24, 2.45) is 0 Å². The van der Waals surface area contributed by atoms with E-state index in [4.69, 9.17) is 5.11 Å². The Balaban J connectivity index is 2.38. The first-order valence-corrected chi connectivity index (χ1v) is 2.74. The summed E-state index contributed by atoms with van der Waals surface area (Å²) in [5.74, 6) is -0.484. The average molecular weight is 145 g/mol. The molecule has 1 heterocycles. The Morgan fingerprint density at radius 1 is 1.70 bits per heavy atom. The lowest BCUT2D eigenvalue weighted by Gasteiger charge is -1.95. The second-order valence-corrected chi connectivity index (χ2v) is 1.97. The van der Waals surface area contributed by atoms with Crippen molar-refractivity contribution in [3.05, 3.63) is 0 Å². The normalized spacial score (nSPS) is 22.1. The minimum absolute atomic E-state index is 0.266. The lowest BCUT2D eigenvalue weighted by molar-refractivity contribution is -0.140. The van der Waals surface area contributed by atoms with Gasteiger partial charge in [0.1, 0.15) is 0 Å². The van der Waals surface area contributed by atoms with Crippen LogP contribution < -0.4 is 0 Å². The van der Waals surface area contributed by atoms with Crippen molar-refractivity contribution in [3.8, 4) is 0 Å². The maximum absolute atomic E-state index is 10.6. The Bertz CT molecular complexity index is 178. The maximum atomic E-state index is 10.6. The molecule has 5 heteroatoms. The number of hydrogen-bond donors (Lipinski definition) is 1. The number of methoxy groups -OCH3 is 1. The molecule has 0 saturated carbocycles. The van der Waals surface area contributed by atoms with Gasteiger partial charge < -0.3 is 9.84 Å². The highest BCUT2D eigenvalue weighted by Crippen LogP contribution is 2.17. The van der Waals surface area contributed by atoms with Gasteiger partial charge in [0.15, 0.2) is 6.04 Å². The van der Waals surface area contributed by atoms with Crippen molar-refractivity contribution < 1.29 is 19.4 Å². The Labute approximate surface area is 57.2 Å². The molecule has 0 bridgehead atoms. The van der Waals surface area contributed by atoms with E-state index >= 15 is 0 Å².